The van der Waals surface area contributed by atoms with Gasteiger partial charge in [-0.2, -0.15) is 0 Å². The molecule has 2 N–H and O–H groups in total. The van der Waals surface area contributed by atoms with Crippen LogP contribution in [0, 0.1) is 5.92 Å². The first-order chi connectivity index (χ1) is 14.4. The van der Waals surface area contributed by atoms with E-state index in [0.717, 1.165) is 31.2 Å². The zero-order chi connectivity index (χ0) is 21.9. The molecular formula is C22H30N2O6. The largest absolute Gasteiger partial charge is 0.493 e. The predicted octanol–water partition coefficient (Wildman–Crippen LogP) is 3.05. The van der Waals surface area contributed by atoms with Crippen LogP contribution in [0.2, 0.25) is 0 Å². The van der Waals surface area contributed by atoms with Crippen molar-refractivity contribution in [3.8, 4) is 11.5 Å². The minimum absolute atomic E-state index is 0.0525. The van der Waals surface area contributed by atoms with Crippen LogP contribution in [0.25, 0.3) is 6.08 Å². The van der Waals surface area contributed by atoms with Crippen molar-refractivity contribution in [3.63, 3.8) is 0 Å². The maximum atomic E-state index is 11.9. The highest BCUT2D eigenvalue weighted by molar-refractivity contribution is 5.95. The minimum atomic E-state index is -0.731. The molecule has 1 aromatic carbocycles. The number of hydrogen-bond acceptors (Lipinski definition) is 6. The SMILES string of the molecule is C/C=C/c1ccc(OCC(=O)OCC(=O)NC(=O)NC2CCCCC2C)c(OC)c1. The molecule has 3 amide bonds. The number of hydrogen-bond donors (Lipinski definition) is 2. The van der Waals surface area contributed by atoms with Crippen molar-refractivity contribution >= 4 is 24.0 Å². The molecule has 0 bridgehead atoms. The maximum Gasteiger partial charge on any atom is 0.344 e. The second-order valence-corrected chi connectivity index (χ2v) is 7.25. The van der Waals surface area contributed by atoms with Gasteiger partial charge in [-0.1, -0.05) is 38.0 Å². The molecule has 30 heavy (non-hydrogen) atoms. The van der Waals surface area contributed by atoms with Crippen molar-refractivity contribution in [1.29, 1.82) is 0 Å². The van der Waals surface area contributed by atoms with Gasteiger partial charge in [-0.25, -0.2) is 9.59 Å². The number of esters is 1. The van der Waals surface area contributed by atoms with Crippen molar-refractivity contribution in [2.75, 3.05) is 20.3 Å². The number of carbonyl (C=O) groups is 3. The molecule has 1 aliphatic rings. The molecule has 1 fully saturated rings. The minimum Gasteiger partial charge on any atom is -0.493 e. The van der Waals surface area contributed by atoms with E-state index >= 15 is 0 Å². The Morgan fingerprint density at radius 2 is 1.90 bits per heavy atom. The van der Waals surface area contributed by atoms with E-state index in [-0.39, 0.29) is 6.04 Å². The Labute approximate surface area is 176 Å². The highest BCUT2D eigenvalue weighted by atomic mass is 16.6. The smallest absolute Gasteiger partial charge is 0.344 e. The summed E-state index contributed by atoms with van der Waals surface area (Å²) in [6, 6.07) is 4.77. The number of amides is 3. The first kappa shape index (κ1) is 23.3. The Kier molecular flexibility index (Phi) is 9.18. The topological polar surface area (TPSA) is 103 Å². The van der Waals surface area contributed by atoms with Crippen LogP contribution in [-0.4, -0.2) is 44.3 Å². The summed E-state index contributed by atoms with van der Waals surface area (Å²) in [6.07, 6.45) is 7.97. The quantitative estimate of drug-likeness (QED) is 0.629. The van der Waals surface area contributed by atoms with Gasteiger partial charge < -0.3 is 19.5 Å². The summed E-state index contributed by atoms with van der Waals surface area (Å²) < 4.78 is 15.5. The van der Waals surface area contributed by atoms with Crippen LogP contribution < -0.4 is 20.1 Å². The summed E-state index contributed by atoms with van der Waals surface area (Å²) in [5, 5.41) is 4.99. The molecule has 0 aromatic heterocycles. The van der Waals surface area contributed by atoms with Crippen LogP contribution in [0.5, 0.6) is 11.5 Å². The van der Waals surface area contributed by atoms with E-state index in [1.807, 2.05) is 25.1 Å². The second kappa shape index (κ2) is 11.8. The number of methoxy groups -OCH3 is 1. The van der Waals surface area contributed by atoms with E-state index in [1.165, 1.54) is 7.11 Å². The first-order valence-electron chi connectivity index (χ1n) is 10.1. The lowest BCUT2D eigenvalue weighted by Crippen LogP contribution is -2.48. The van der Waals surface area contributed by atoms with Gasteiger partial charge in [-0.3, -0.25) is 10.1 Å². The molecule has 164 valence electrons. The monoisotopic (exact) mass is 418 g/mol. The number of nitrogens with one attached hydrogen (secondary N) is 2. The highest BCUT2D eigenvalue weighted by Crippen LogP contribution is 2.28. The number of carbonyl (C=O) groups excluding carboxylic acids is 3. The Morgan fingerprint density at radius 1 is 1.13 bits per heavy atom. The summed E-state index contributed by atoms with van der Waals surface area (Å²) in [4.78, 5) is 35.6. The van der Waals surface area contributed by atoms with E-state index < -0.39 is 31.1 Å². The van der Waals surface area contributed by atoms with Crippen molar-refractivity contribution in [1.82, 2.24) is 10.6 Å². The van der Waals surface area contributed by atoms with Crippen molar-refractivity contribution in [2.45, 2.75) is 45.6 Å². The molecule has 2 unspecified atom stereocenters. The standard InChI is InChI=1S/C22H30N2O6/c1-4-7-16-10-11-18(19(12-16)28-3)29-14-21(26)30-13-20(25)24-22(27)23-17-9-6-5-8-15(17)2/h4,7,10-12,15,17H,5-6,8-9,13-14H2,1-3H3,(H2,23,24,25,27)/b7-4+. The Morgan fingerprint density at radius 3 is 2.60 bits per heavy atom. The van der Waals surface area contributed by atoms with Gasteiger partial charge >= 0.3 is 12.0 Å². The van der Waals surface area contributed by atoms with Crippen LogP contribution in [-0.2, 0) is 14.3 Å². The Bertz CT molecular complexity index is 777. The summed E-state index contributed by atoms with van der Waals surface area (Å²) in [7, 11) is 1.50. The second-order valence-electron chi connectivity index (χ2n) is 7.25. The fraction of sp³-hybridized carbons (Fsp3) is 0.500. The third-order valence-corrected chi connectivity index (χ3v) is 4.94. The number of allylic oxidation sites excluding steroid dienone is 1. The van der Waals surface area contributed by atoms with E-state index in [4.69, 9.17) is 14.2 Å². The van der Waals surface area contributed by atoms with Crippen LogP contribution >= 0.6 is 0 Å². The number of urea groups is 1. The van der Waals surface area contributed by atoms with Gasteiger partial charge in [0.05, 0.1) is 7.11 Å². The van der Waals surface area contributed by atoms with Crippen LogP contribution in [0.15, 0.2) is 24.3 Å². The van der Waals surface area contributed by atoms with E-state index in [1.54, 1.807) is 12.1 Å². The van der Waals surface area contributed by atoms with Gasteiger partial charge in [0.2, 0.25) is 0 Å². The number of benzene rings is 1. The maximum absolute atomic E-state index is 11.9. The number of ether oxygens (including phenoxy) is 3. The van der Waals surface area contributed by atoms with Crippen LogP contribution in [0.1, 0.15) is 45.1 Å². The number of rotatable bonds is 8. The molecule has 0 heterocycles. The summed E-state index contributed by atoms with van der Waals surface area (Å²) in [5.41, 5.74) is 0.932. The third kappa shape index (κ3) is 7.42. The molecule has 0 radical (unpaired) electrons. The molecule has 2 rings (SSSR count). The molecule has 1 aromatic rings. The zero-order valence-corrected chi connectivity index (χ0v) is 17.7. The van der Waals surface area contributed by atoms with E-state index in [0.29, 0.717) is 17.4 Å². The van der Waals surface area contributed by atoms with Crippen molar-refractivity contribution in [2.24, 2.45) is 5.92 Å². The average Bonchev–Trinajstić information content (AvgIpc) is 2.73. The fourth-order valence-electron chi connectivity index (χ4n) is 3.32. The molecule has 0 saturated heterocycles. The summed E-state index contributed by atoms with van der Waals surface area (Å²) >= 11 is 0. The normalized spacial score (nSPS) is 18.5. The predicted molar refractivity (Wildman–Crippen MR) is 112 cm³/mol. The molecule has 2 atom stereocenters. The lowest BCUT2D eigenvalue weighted by atomic mass is 9.86. The molecule has 1 saturated carbocycles. The van der Waals surface area contributed by atoms with Gasteiger partial charge in [0.25, 0.3) is 5.91 Å². The Hall–Kier alpha value is -3.03. The zero-order valence-electron chi connectivity index (χ0n) is 17.7. The molecule has 1 aliphatic carbocycles. The molecule has 8 nitrogen and oxygen atoms in total. The van der Waals surface area contributed by atoms with Crippen LogP contribution in [0.3, 0.4) is 0 Å². The van der Waals surface area contributed by atoms with Gasteiger partial charge in [0, 0.05) is 6.04 Å². The van der Waals surface area contributed by atoms with E-state index in [9.17, 15) is 14.4 Å². The van der Waals surface area contributed by atoms with Gasteiger partial charge in [-0.05, 0) is 43.4 Å². The Balaban J connectivity index is 1.72. The summed E-state index contributed by atoms with van der Waals surface area (Å²) in [5.74, 6) is -0.194. The summed E-state index contributed by atoms with van der Waals surface area (Å²) in [6.45, 7) is 3.03. The fourth-order valence-corrected chi connectivity index (χ4v) is 3.32. The molecular weight excluding hydrogens is 388 g/mol. The molecule has 0 spiro atoms. The van der Waals surface area contributed by atoms with Gasteiger partial charge in [0.15, 0.2) is 24.7 Å². The molecule has 8 heteroatoms. The van der Waals surface area contributed by atoms with Gasteiger partial charge in [0.1, 0.15) is 0 Å². The van der Waals surface area contributed by atoms with Crippen molar-refractivity contribution in [3.05, 3.63) is 29.8 Å². The molecule has 0 aliphatic heterocycles. The highest BCUT2D eigenvalue weighted by Gasteiger charge is 2.23. The van der Waals surface area contributed by atoms with Crippen LogP contribution in [0.4, 0.5) is 4.79 Å². The van der Waals surface area contributed by atoms with Gasteiger partial charge in [-0.15, -0.1) is 0 Å². The third-order valence-electron chi connectivity index (χ3n) is 4.94. The number of imide groups is 1. The lowest BCUT2D eigenvalue weighted by molar-refractivity contribution is -0.150. The first-order valence-corrected chi connectivity index (χ1v) is 10.1. The lowest BCUT2D eigenvalue weighted by Gasteiger charge is -2.29. The van der Waals surface area contributed by atoms with E-state index in [2.05, 4.69) is 17.6 Å². The average molecular weight is 418 g/mol. The van der Waals surface area contributed by atoms with Crippen molar-refractivity contribution < 1.29 is 28.6 Å².